The van der Waals surface area contributed by atoms with Crippen molar-refractivity contribution in [2.45, 2.75) is 32.3 Å². The minimum absolute atomic E-state index is 0.137. The van der Waals surface area contributed by atoms with E-state index in [4.69, 9.17) is 22.1 Å². The number of thiophene rings is 1. The molecule has 0 aliphatic carbocycles. The topological polar surface area (TPSA) is 35.2 Å². The first-order chi connectivity index (χ1) is 9.63. The third-order valence-corrected chi connectivity index (χ3v) is 4.79. The van der Waals surface area contributed by atoms with E-state index in [1.807, 2.05) is 24.3 Å². The Balaban J connectivity index is 2.08. The van der Waals surface area contributed by atoms with E-state index in [0.29, 0.717) is 12.5 Å². The second-order valence-corrected chi connectivity index (χ2v) is 6.61. The van der Waals surface area contributed by atoms with Gasteiger partial charge in [-0.2, -0.15) is 0 Å². The predicted octanol–water partition coefficient (Wildman–Crippen LogP) is 4.99. The number of halogens is 1. The molecule has 4 heteroatoms. The highest BCUT2D eigenvalue weighted by atomic mass is 35.5. The summed E-state index contributed by atoms with van der Waals surface area (Å²) in [6.45, 7) is 4.86. The number of hydrogen-bond acceptors (Lipinski definition) is 3. The monoisotopic (exact) mass is 309 g/mol. The van der Waals surface area contributed by atoms with Crippen molar-refractivity contribution in [3.8, 4) is 5.75 Å². The molecule has 0 aliphatic rings. The normalized spacial score (nSPS) is 14.0. The molecule has 0 spiro atoms. The van der Waals surface area contributed by atoms with E-state index >= 15 is 0 Å². The lowest BCUT2D eigenvalue weighted by atomic mass is 9.99. The second kappa shape index (κ2) is 7.11. The van der Waals surface area contributed by atoms with Crippen LogP contribution in [-0.2, 0) is 0 Å². The van der Waals surface area contributed by atoms with Crippen molar-refractivity contribution < 1.29 is 4.74 Å². The van der Waals surface area contributed by atoms with Crippen molar-refractivity contribution in [1.29, 1.82) is 0 Å². The molecule has 2 aromatic rings. The van der Waals surface area contributed by atoms with Crippen LogP contribution in [0.3, 0.4) is 0 Å². The Morgan fingerprint density at radius 1 is 1.20 bits per heavy atom. The molecule has 2 unspecified atom stereocenters. The maximum Gasteiger partial charge on any atom is 0.145 e. The van der Waals surface area contributed by atoms with Crippen molar-refractivity contribution in [1.82, 2.24) is 0 Å². The zero-order valence-corrected chi connectivity index (χ0v) is 13.4. The van der Waals surface area contributed by atoms with E-state index in [-0.39, 0.29) is 6.10 Å². The minimum atomic E-state index is -0.137. The van der Waals surface area contributed by atoms with Crippen molar-refractivity contribution in [2.24, 2.45) is 5.73 Å². The van der Waals surface area contributed by atoms with Crippen LogP contribution >= 0.6 is 22.9 Å². The summed E-state index contributed by atoms with van der Waals surface area (Å²) < 4.78 is 6.72. The number of nitrogens with two attached hydrogens (primary N) is 1. The van der Waals surface area contributed by atoms with Crippen molar-refractivity contribution in [2.75, 3.05) is 6.54 Å². The van der Waals surface area contributed by atoms with Gasteiger partial charge in [-0.1, -0.05) is 37.6 Å². The molecule has 2 N–H and O–H groups in total. The van der Waals surface area contributed by atoms with Gasteiger partial charge in [0.15, 0.2) is 0 Å². The quantitative estimate of drug-likeness (QED) is 0.815. The van der Waals surface area contributed by atoms with Crippen LogP contribution in [0.5, 0.6) is 5.75 Å². The Morgan fingerprint density at radius 3 is 2.40 bits per heavy atom. The van der Waals surface area contributed by atoms with Crippen LogP contribution in [0.25, 0.3) is 0 Å². The van der Waals surface area contributed by atoms with Crippen LogP contribution in [0.1, 0.15) is 42.7 Å². The van der Waals surface area contributed by atoms with Gasteiger partial charge in [0.25, 0.3) is 0 Å². The first-order valence-electron chi connectivity index (χ1n) is 6.86. The lowest BCUT2D eigenvalue weighted by molar-refractivity contribution is 0.218. The molecule has 2 atom stereocenters. The Labute approximate surface area is 129 Å². The molecular formula is C16H20ClNOS. The van der Waals surface area contributed by atoms with E-state index in [9.17, 15) is 0 Å². The van der Waals surface area contributed by atoms with Gasteiger partial charge in [0.05, 0.1) is 4.34 Å². The largest absolute Gasteiger partial charge is 0.484 e. The molecule has 1 aromatic carbocycles. The lowest BCUT2D eigenvalue weighted by Crippen LogP contribution is -2.17. The number of benzene rings is 1. The van der Waals surface area contributed by atoms with Gasteiger partial charge in [0.1, 0.15) is 11.9 Å². The van der Waals surface area contributed by atoms with Crippen LogP contribution in [0.2, 0.25) is 4.34 Å². The Bertz CT molecular complexity index is 538. The highest BCUT2D eigenvalue weighted by molar-refractivity contribution is 7.16. The Morgan fingerprint density at radius 2 is 1.90 bits per heavy atom. The van der Waals surface area contributed by atoms with Gasteiger partial charge < -0.3 is 10.5 Å². The second-order valence-electron chi connectivity index (χ2n) is 4.86. The molecule has 0 bridgehead atoms. The van der Waals surface area contributed by atoms with Crippen LogP contribution in [0.4, 0.5) is 0 Å². The van der Waals surface area contributed by atoms with Gasteiger partial charge in [0.2, 0.25) is 0 Å². The molecule has 2 nitrogen and oxygen atoms in total. The van der Waals surface area contributed by atoms with Crippen molar-refractivity contribution in [3.63, 3.8) is 0 Å². The molecule has 0 radical (unpaired) electrons. The molecule has 0 saturated heterocycles. The molecule has 0 amide bonds. The molecule has 108 valence electrons. The van der Waals surface area contributed by atoms with Gasteiger partial charge in [0, 0.05) is 11.4 Å². The fraction of sp³-hybridized carbons (Fsp3) is 0.375. The summed E-state index contributed by atoms with van der Waals surface area (Å²) in [5, 5.41) is 0. The highest BCUT2D eigenvalue weighted by Crippen LogP contribution is 2.30. The molecular weight excluding hydrogens is 290 g/mol. The number of hydrogen-bond donors (Lipinski definition) is 1. The predicted molar refractivity (Wildman–Crippen MR) is 86.9 cm³/mol. The van der Waals surface area contributed by atoms with Crippen LogP contribution in [-0.4, -0.2) is 6.54 Å². The maximum atomic E-state index is 5.96. The summed E-state index contributed by atoms with van der Waals surface area (Å²) in [5.41, 5.74) is 7.14. The maximum absolute atomic E-state index is 5.96. The summed E-state index contributed by atoms with van der Waals surface area (Å²) in [4.78, 5) is 1.06. The van der Waals surface area contributed by atoms with Gasteiger partial charge in [-0.15, -0.1) is 11.3 Å². The first-order valence-corrected chi connectivity index (χ1v) is 8.05. The molecule has 1 heterocycles. The van der Waals surface area contributed by atoms with E-state index < -0.39 is 0 Å². The zero-order chi connectivity index (χ0) is 14.5. The molecule has 0 aliphatic heterocycles. The third-order valence-electron chi connectivity index (χ3n) is 3.47. The average Bonchev–Trinajstić information content (AvgIpc) is 2.91. The summed E-state index contributed by atoms with van der Waals surface area (Å²) in [5.74, 6) is 1.42. The van der Waals surface area contributed by atoms with E-state index in [0.717, 1.165) is 21.4 Å². The van der Waals surface area contributed by atoms with Crippen molar-refractivity contribution in [3.05, 3.63) is 51.2 Å². The summed E-state index contributed by atoms with van der Waals surface area (Å²) in [7, 11) is 0. The van der Waals surface area contributed by atoms with Crippen LogP contribution < -0.4 is 10.5 Å². The molecule has 0 saturated carbocycles. The zero-order valence-electron chi connectivity index (χ0n) is 11.8. The van der Waals surface area contributed by atoms with Gasteiger partial charge in [-0.25, -0.2) is 0 Å². The summed E-state index contributed by atoms with van der Waals surface area (Å²) >= 11 is 7.47. The summed E-state index contributed by atoms with van der Waals surface area (Å²) in [6, 6.07) is 12.1. The van der Waals surface area contributed by atoms with Gasteiger partial charge in [-0.3, -0.25) is 0 Å². The third kappa shape index (κ3) is 3.75. The Hall–Kier alpha value is -1.03. The number of ether oxygens (including phenoxy) is 1. The fourth-order valence-corrected chi connectivity index (χ4v) is 3.10. The smallest absolute Gasteiger partial charge is 0.145 e. The number of rotatable bonds is 6. The first kappa shape index (κ1) is 15.4. The lowest BCUT2D eigenvalue weighted by Gasteiger charge is -2.17. The molecule has 2 rings (SSSR count). The summed E-state index contributed by atoms with van der Waals surface area (Å²) in [6.07, 6.45) is 1.00. The van der Waals surface area contributed by atoms with Gasteiger partial charge in [-0.05, 0) is 42.2 Å². The minimum Gasteiger partial charge on any atom is -0.484 e. The van der Waals surface area contributed by atoms with Crippen LogP contribution in [0, 0.1) is 0 Å². The highest BCUT2D eigenvalue weighted by Gasteiger charge is 2.14. The van der Waals surface area contributed by atoms with Gasteiger partial charge >= 0.3 is 0 Å². The molecule has 20 heavy (non-hydrogen) atoms. The fourth-order valence-electron chi connectivity index (χ4n) is 2.00. The van der Waals surface area contributed by atoms with E-state index in [1.54, 1.807) is 0 Å². The molecule has 0 fully saturated rings. The SMILES string of the molecule is CCC(C)c1ccc(OC(CN)c2ccc(Cl)s2)cc1. The van der Waals surface area contributed by atoms with Crippen molar-refractivity contribution >= 4 is 22.9 Å². The molecule has 1 aromatic heterocycles. The Kier molecular flexibility index (Phi) is 5.46. The van der Waals surface area contributed by atoms with E-state index in [1.165, 1.54) is 16.9 Å². The van der Waals surface area contributed by atoms with Crippen LogP contribution in [0.15, 0.2) is 36.4 Å². The van der Waals surface area contributed by atoms with E-state index in [2.05, 4.69) is 26.0 Å². The standard InChI is InChI=1S/C16H20ClNOS/c1-3-11(2)12-4-6-13(7-5-12)19-14(10-18)15-8-9-16(17)20-15/h4-9,11,14H,3,10,18H2,1-2H3. The average molecular weight is 310 g/mol.